The lowest BCUT2D eigenvalue weighted by Gasteiger charge is -2.13. The predicted molar refractivity (Wildman–Crippen MR) is 229 cm³/mol. The zero-order valence-corrected chi connectivity index (χ0v) is 36.5. The van der Waals surface area contributed by atoms with Crippen molar-refractivity contribution in [3.63, 3.8) is 0 Å². The van der Waals surface area contributed by atoms with Crippen LogP contribution in [0, 0.1) is 13.8 Å². The monoisotopic (exact) mass is 892 g/mol. The number of aryl methyl sites for hydroxylation is 4. The number of tetrazole rings is 2. The number of rotatable bonds is 16. The van der Waals surface area contributed by atoms with Crippen LogP contribution in [0.4, 0.5) is 17.6 Å². The molecule has 0 spiro atoms. The van der Waals surface area contributed by atoms with Gasteiger partial charge in [0, 0.05) is 50.5 Å². The van der Waals surface area contributed by atoms with E-state index in [1.807, 2.05) is 52.0 Å². The van der Waals surface area contributed by atoms with Crippen LogP contribution >= 0.6 is 0 Å². The Morgan fingerprint density at radius 1 is 0.672 bits per heavy atom. The predicted octanol–water partition coefficient (Wildman–Crippen LogP) is 4.97. The minimum absolute atomic E-state index is 0.135. The zero-order valence-electron chi connectivity index (χ0n) is 36.5. The summed E-state index contributed by atoms with van der Waals surface area (Å²) < 4.78 is 69.2. The number of ether oxygens (including phenoxy) is 2. The average Bonchev–Trinajstić information content (AvgIpc) is 4.07. The van der Waals surface area contributed by atoms with Crippen molar-refractivity contribution < 1.29 is 27.0 Å². The molecule has 0 aliphatic carbocycles. The van der Waals surface area contributed by atoms with Crippen LogP contribution in [-0.4, -0.2) is 95.2 Å². The summed E-state index contributed by atoms with van der Waals surface area (Å²) in [5.41, 5.74) is 5.54. The Bertz CT molecular complexity index is 2760. The Hall–Kier alpha value is -7.40. The molecule has 0 N–H and O–H groups in total. The summed E-state index contributed by atoms with van der Waals surface area (Å²) in [7, 11) is 3.05. The fourth-order valence-corrected chi connectivity index (χ4v) is 5.87. The van der Waals surface area contributed by atoms with E-state index in [4.69, 9.17) is 9.47 Å². The third-order valence-electron chi connectivity index (χ3n) is 9.40. The van der Waals surface area contributed by atoms with Crippen LogP contribution in [0.15, 0.2) is 90.9 Å². The lowest BCUT2D eigenvalue weighted by Crippen LogP contribution is -2.23. The van der Waals surface area contributed by atoms with E-state index in [1.165, 1.54) is 40.5 Å². The third-order valence-corrected chi connectivity index (χ3v) is 9.40. The van der Waals surface area contributed by atoms with Crippen LogP contribution in [-0.2, 0) is 49.9 Å². The average molecular weight is 893 g/mol. The van der Waals surface area contributed by atoms with Crippen LogP contribution in [0.1, 0.15) is 74.2 Å². The SMILES string of the molecule is CCC(=NN=C(C)c1ccn(CC(F)F)n1)OCc1c(C)cccc1-n1nnn(C)c1=O.CCC(=NN=C(C)c1ccnn1CC(F)F)OCc1c(C)cccc1-n1nnn(C)c1=O. The van der Waals surface area contributed by atoms with E-state index >= 15 is 0 Å². The van der Waals surface area contributed by atoms with Crippen LogP contribution in [0.3, 0.4) is 0 Å². The maximum absolute atomic E-state index is 12.7. The standard InChI is InChI=1S/2C20H24F2N8O2/c1-5-19(24-23-14(3)16-9-10-29(25-16)11-18(21)22)32-12-15-13(2)7-6-8-17(15)30-20(31)28(4)26-27-30;1-5-19(25-24-14(3)16-9-10-23-29(16)11-18(21)22)32-12-15-13(2)7-6-8-17(15)30-20(31)28(4)26-27-30/h2*6-10,18H,5,11-12H2,1-4H3. The van der Waals surface area contributed by atoms with Crippen molar-refractivity contribution in [3.05, 3.63) is 116 Å². The van der Waals surface area contributed by atoms with Crippen LogP contribution in [0.25, 0.3) is 11.4 Å². The van der Waals surface area contributed by atoms with Crippen molar-refractivity contribution in [2.24, 2.45) is 34.5 Å². The summed E-state index contributed by atoms with van der Waals surface area (Å²) in [5.74, 6) is 0.724. The molecule has 0 amide bonds. The van der Waals surface area contributed by atoms with Gasteiger partial charge in [-0.1, -0.05) is 38.1 Å². The summed E-state index contributed by atoms with van der Waals surface area (Å²) in [6.45, 7) is 10.2. The summed E-state index contributed by atoms with van der Waals surface area (Å²) in [6, 6.07) is 14.2. The highest BCUT2D eigenvalue weighted by Crippen LogP contribution is 2.20. The Kier molecular flexibility index (Phi) is 16.5. The molecule has 2 aromatic carbocycles. The first-order valence-corrected chi connectivity index (χ1v) is 19.9. The molecular weight excluding hydrogens is 845 g/mol. The summed E-state index contributed by atoms with van der Waals surface area (Å²) in [6.07, 6.45) is -1.17. The molecule has 6 rings (SSSR count). The molecule has 0 fully saturated rings. The van der Waals surface area contributed by atoms with Gasteiger partial charge in [0.15, 0.2) is 0 Å². The molecule has 0 saturated carbocycles. The highest BCUT2D eigenvalue weighted by atomic mass is 19.3. The van der Waals surface area contributed by atoms with Gasteiger partial charge in [0.2, 0.25) is 11.8 Å². The van der Waals surface area contributed by atoms with Crippen molar-refractivity contribution in [2.45, 2.75) is 93.5 Å². The fraction of sp³-hybridized carbons (Fsp3) is 0.400. The first-order valence-electron chi connectivity index (χ1n) is 19.9. The topological polar surface area (TPSA) is 209 Å². The molecule has 64 heavy (non-hydrogen) atoms. The molecule has 0 bridgehead atoms. The number of benzene rings is 2. The minimum atomic E-state index is -2.52. The van der Waals surface area contributed by atoms with Gasteiger partial charge < -0.3 is 9.47 Å². The van der Waals surface area contributed by atoms with E-state index in [0.717, 1.165) is 36.3 Å². The Morgan fingerprint density at radius 2 is 1.17 bits per heavy atom. The van der Waals surface area contributed by atoms with E-state index in [1.54, 1.807) is 38.1 Å². The molecule has 4 heterocycles. The van der Waals surface area contributed by atoms with Crippen molar-refractivity contribution in [1.29, 1.82) is 0 Å². The second kappa shape index (κ2) is 22.1. The number of hydrogen-bond acceptors (Lipinski definition) is 14. The van der Waals surface area contributed by atoms with Crippen molar-refractivity contribution >= 4 is 23.2 Å². The molecule has 24 heteroatoms. The molecule has 4 aromatic heterocycles. The van der Waals surface area contributed by atoms with Gasteiger partial charge in [0.05, 0.1) is 28.5 Å². The highest BCUT2D eigenvalue weighted by Gasteiger charge is 2.17. The van der Waals surface area contributed by atoms with Gasteiger partial charge >= 0.3 is 11.4 Å². The smallest absolute Gasteiger partial charge is 0.368 e. The summed E-state index contributed by atoms with van der Waals surface area (Å²) in [5, 5.41) is 39.8. The normalized spacial score (nSPS) is 12.6. The van der Waals surface area contributed by atoms with Crippen molar-refractivity contribution in [3.8, 4) is 11.4 Å². The molecule has 20 nitrogen and oxygen atoms in total. The highest BCUT2D eigenvalue weighted by molar-refractivity contribution is 5.97. The molecule has 0 saturated heterocycles. The van der Waals surface area contributed by atoms with Gasteiger partial charge in [0.25, 0.3) is 12.9 Å². The Labute approximate surface area is 363 Å². The third kappa shape index (κ3) is 12.2. The number of nitrogens with zero attached hydrogens (tertiary/aromatic N) is 16. The van der Waals surface area contributed by atoms with Crippen molar-refractivity contribution in [2.75, 3.05) is 0 Å². The second-order valence-electron chi connectivity index (χ2n) is 14.0. The first kappa shape index (κ1) is 47.6. The van der Waals surface area contributed by atoms with Gasteiger partial charge in [-0.2, -0.15) is 39.1 Å². The lowest BCUT2D eigenvalue weighted by molar-refractivity contribution is 0.121. The molecule has 6 aromatic rings. The molecular formula is C40H48F4N16O4. The van der Waals surface area contributed by atoms with Gasteiger partial charge in [-0.25, -0.2) is 27.2 Å². The van der Waals surface area contributed by atoms with Gasteiger partial charge in [-0.05, 0) is 83.9 Å². The van der Waals surface area contributed by atoms with E-state index in [9.17, 15) is 27.2 Å². The molecule has 0 aliphatic rings. The molecule has 0 radical (unpaired) electrons. The first-order chi connectivity index (χ1) is 30.6. The van der Waals surface area contributed by atoms with E-state index < -0.39 is 25.9 Å². The van der Waals surface area contributed by atoms with Crippen LogP contribution in [0.2, 0.25) is 0 Å². The summed E-state index contributed by atoms with van der Waals surface area (Å²) >= 11 is 0. The largest absolute Gasteiger partial charge is 0.475 e. The zero-order chi connectivity index (χ0) is 46.5. The van der Waals surface area contributed by atoms with Crippen LogP contribution < -0.4 is 11.4 Å². The number of alkyl halides is 4. The number of hydrogen-bond donors (Lipinski definition) is 0. The van der Waals surface area contributed by atoms with Gasteiger partial charge in [-0.15, -0.1) is 10.2 Å². The van der Waals surface area contributed by atoms with Crippen molar-refractivity contribution in [1.82, 2.24) is 59.1 Å². The lowest BCUT2D eigenvalue weighted by atomic mass is 10.1. The molecule has 0 aliphatic heterocycles. The fourth-order valence-electron chi connectivity index (χ4n) is 5.87. The Balaban J connectivity index is 0.000000241. The summed E-state index contributed by atoms with van der Waals surface area (Å²) in [4.78, 5) is 24.5. The minimum Gasteiger partial charge on any atom is -0.475 e. The van der Waals surface area contributed by atoms with Gasteiger partial charge in [0.1, 0.15) is 32.0 Å². The second-order valence-corrected chi connectivity index (χ2v) is 14.0. The maximum atomic E-state index is 12.7. The number of aromatic nitrogens is 12. The van der Waals surface area contributed by atoms with E-state index in [2.05, 4.69) is 51.5 Å². The Morgan fingerprint density at radius 3 is 1.62 bits per heavy atom. The van der Waals surface area contributed by atoms with Gasteiger partial charge in [-0.3, -0.25) is 9.36 Å². The van der Waals surface area contributed by atoms with E-state index in [0.29, 0.717) is 58.8 Å². The molecule has 340 valence electrons. The van der Waals surface area contributed by atoms with Crippen LogP contribution in [0.5, 0.6) is 0 Å². The molecule has 0 unspecified atom stereocenters. The van der Waals surface area contributed by atoms with E-state index in [-0.39, 0.29) is 24.6 Å². The molecule has 0 atom stereocenters. The number of halogens is 4. The quantitative estimate of drug-likeness (QED) is 0.0552. The maximum Gasteiger partial charge on any atom is 0.368 e.